The summed E-state index contributed by atoms with van der Waals surface area (Å²) in [4.78, 5) is 20.3. The monoisotopic (exact) mass is 286 g/mol. The number of Topliss-reactive ketones (excluding diaryl/α,β-unsaturated/α-hetero) is 1. The summed E-state index contributed by atoms with van der Waals surface area (Å²) in [6.45, 7) is 1.02. The maximum absolute atomic E-state index is 12.3. The van der Waals surface area contributed by atoms with Gasteiger partial charge in [-0.3, -0.25) is 4.79 Å². The van der Waals surface area contributed by atoms with E-state index in [1.807, 2.05) is 0 Å². The molecule has 0 unspecified atom stereocenters. The summed E-state index contributed by atoms with van der Waals surface area (Å²) in [6.07, 6.45) is 1.56. The Hall–Kier alpha value is -2.63. The zero-order valence-electron chi connectivity index (χ0n) is 11.5. The van der Waals surface area contributed by atoms with Crippen LogP contribution in [0.25, 0.3) is 0 Å². The molecular weight excluding hydrogens is 272 g/mol. The predicted octanol–water partition coefficient (Wildman–Crippen LogP) is 1.68. The second-order valence-corrected chi connectivity index (χ2v) is 4.51. The van der Waals surface area contributed by atoms with E-state index in [9.17, 15) is 4.79 Å². The Bertz CT molecular complexity index is 672. The van der Waals surface area contributed by atoms with Crippen molar-refractivity contribution in [2.24, 2.45) is 0 Å². The van der Waals surface area contributed by atoms with Gasteiger partial charge in [0.1, 0.15) is 19.5 Å². The molecule has 0 N–H and O–H groups in total. The molecule has 0 amide bonds. The molecule has 6 nitrogen and oxygen atoms in total. The lowest BCUT2D eigenvalue weighted by molar-refractivity contribution is 0.0990. The van der Waals surface area contributed by atoms with Crippen LogP contribution in [-0.2, 0) is 6.42 Å². The van der Waals surface area contributed by atoms with Gasteiger partial charge in [-0.25, -0.2) is 9.97 Å². The van der Waals surface area contributed by atoms with E-state index >= 15 is 0 Å². The topological polar surface area (TPSA) is 70.5 Å². The molecule has 1 aromatic carbocycles. The van der Waals surface area contributed by atoms with Crippen molar-refractivity contribution in [2.75, 3.05) is 20.3 Å². The van der Waals surface area contributed by atoms with Crippen LogP contribution < -0.4 is 14.2 Å². The first kappa shape index (κ1) is 13.4. The second-order valence-electron chi connectivity index (χ2n) is 4.51. The van der Waals surface area contributed by atoms with Gasteiger partial charge in [0, 0.05) is 11.6 Å². The summed E-state index contributed by atoms with van der Waals surface area (Å²) in [5.41, 5.74) is 1.18. The fourth-order valence-corrected chi connectivity index (χ4v) is 2.07. The summed E-state index contributed by atoms with van der Waals surface area (Å²) in [7, 11) is 1.52. The zero-order valence-corrected chi connectivity index (χ0v) is 11.5. The molecule has 0 aliphatic carbocycles. The molecule has 2 aromatic rings. The van der Waals surface area contributed by atoms with Gasteiger partial charge < -0.3 is 14.2 Å². The number of fused-ring (bicyclic) bond motifs is 1. The lowest BCUT2D eigenvalue weighted by Crippen LogP contribution is -2.16. The molecule has 1 aromatic heterocycles. The van der Waals surface area contributed by atoms with Gasteiger partial charge in [-0.1, -0.05) is 0 Å². The molecule has 2 heterocycles. The summed E-state index contributed by atoms with van der Waals surface area (Å²) in [5, 5.41) is 0. The standard InChI is InChI=1S/C15H14N2O4/c1-19-15-8-11(16-9-17-15)7-12(18)10-2-3-13-14(6-10)21-5-4-20-13/h2-3,6,8-9H,4-5,7H2,1H3. The molecule has 0 bridgehead atoms. The maximum Gasteiger partial charge on any atom is 0.216 e. The summed E-state index contributed by atoms with van der Waals surface area (Å²) >= 11 is 0. The van der Waals surface area contributed by atoms with Crippen LogP contribution in [0.2, 0.25) is 0 Å². The molecule has 3 rings (SSSR count). The molecule has 0 saturated heterocycles. The van der Waals surface area contributed by atoms with Crippen molar-refractivity contribution in [1.82, 2.24) is 9.97 Å². The van der Waals surface area contributed by atoms with E-state index in [2.05, 4.69) is 9.97 Å². The van der Waals surface area contributed by atoms with Crippen LogP contribution in [0.15, 0.2) is 30.6 Å². The highest BCUT2D eigenvalue weighted by molar-refractivity contribution is 5.97. The van der Waals surface area contributed by atoms with E-state index in [-0.39, 0.29) is 12.2 Å². The fourth-order valence-electron chi connectivity index (χ4n) is 2.07. The highest BCUT2D eigenvalue weighted by atomic mass is 16.6. The second kappa shape index (κ2) is 5.78. The molecule has 0 fully saturated rings. The Kier molecular flexibility index (Phi) is 3.68. The van der Waals surface area contributed by atoms with Crippen molar-refractivity contribution in [3.05, 3.63) is 41.9 Å². The fraction of sp³-hybridized carbons (Fsp3) is 0.267. The average molecular weight is 286 g/mol. The first-order valence-electron chi connectivity index (χ1n) is 6.54. The third kappa shape index (κ3) is 2.94. The highest BCUT2D eigenvalue weighted by Crippen LogP contribution is 2.31. The Balaban J connectivity index is 1.78. The highest BCUT2D eigenvalue weighted by Gasteiger charge is 2.15. The number of methoxy groups -OCH3 is 1. The van der Waals surface area contributed by atoms with Crippen LogP contribution >= 0.6 is 0 Å². The minimum absolute atomic E-state index is 0.0484. The number of hydrogen-bond donors (Lipinski definition) is 0. The van der Waals surface area contributed by atoms with Crippen molar-refractivity contribution in [3.8, 4) is 17.4 Å². The number of hydrogen-bond acceptors (Lipinski definition) is 6. The molecule has 108 valence electrons. The van der Waals surface area contributed by atoms with Crippen molar-refractivity contribution in [1.29, 1.82) is 0 Å². The van der Waals surface area contributed by atoms with Crippen LogP contribution in [0.1, 0.15) is 16.1 Å². The van der Waals surface area contributed by atoms with Crippen molar-refractivity contribution in [2.45, 2.75) is 6.42 Å². The van der Waals surface area contributed by atoms with Gasteiger partial charge >= 0.3 is 0 Å². The molecule has 6 heteroatoms. The van der Waals surface area contributed by atoms with Crippen LogP contribution in [-0.4, -0.2) is 36.1 Å². The molecular formula is C15H14N2O4. The van der Waals surface area contributed by atoms with Gasteiger partial charge in [0.05, 0.1) is 19.2 Å². The normalized spacial score (nSPS) is 12.8. The van der Waals surface area contributed by atoms with Gasteiger partial charge in [0.2, 0.25) is 5.88 Å². The number of rotatable bonds is 4. The number of carbonyl (C=O) groups is 1. The van der Waals surface area contributed by atoms with Gasteiger partial charge in [-0.05, 0) is 18.2 Å². The maximum atomic E-state index is 12.3. The molecule has 0 radical (unpaired) electrons. The number of aromatic nitrogens is 2. The van der Waals surface area contributed by atoms with Gasteiger partial charge in [-0.2, -0.15) is 0 Å². The van der Waals surface area contributed by atoms with Gasteiger partial charge in [0.25, 0.3) is 0 Å². The molecule has 21 heavy (non-hydrogen) atoms. The lowest BCUT2D eigenvalue weighted by atomic mass is 10.1. The summed E-state index contributed by atoms with van der Waals surface area (Å²) < 4.78 is 15.9. The van der Waals surface area contributed by atoms with Crippen LogP contribution in [0.5, 0.6) is 17.4 Å². The van der Waals surface area contributed by atoms with E-state index in [1.165, 1.54) is 13.4 Å². The molecule has 0 spiro atoms. The van der Waals surface area contributed by atoms with Crippen LogP contribution in [0.4, 0.5) is 0 Å². The third-order valence-corrected chi connectivity index (χ3v) is 3.11. The minimum Gasteiger partial charge on any atom is -0.486 e. The Labute approximate surface area is 121 Å². The van der Waals surface area contributed by atoms with E-state index in [0.717, 1.165) is 0 Å². The minimum atomic E-state index is -0.0484. The number of carbonyl (C=O) groups excluding carboxylic acids is 1. The number of nitrogens with zero attached hydrogens (tertiary/aromatic N) is 2. The molecule has 0 atom stereocenters. The first-order chi connectivity index (χ1) is 10.3. The predicted molar refractivity (Wildman–Crippen MR) is 74.1 cm³/mol. The van der Waals surface area contributed by atoms with Crippen LogP contribution in [0.3, 0.4) is 0 Å². The van der Waals surface area contributed by atoms with Crippen molar-refractivity contribution >= 4 is 5.78 Å². The van der Waals surface area contributed by atoms with E-state index in [0.29, 0.717) is 41.9 Å². The SMILES string of the molecule is COc1cc(CC(=O)c2ccc3c(c2)OCCO3)ncn1. The summed E-state index contributed by atoms with van der Waals surface area (Å²) in [5.74, 6) is 1.66. The van der Waals surface area contributed by atoms with E-state index < -0.39 is 0 Å². The zero-order chi connectivity index (χ0) is 14.7. The van der Waals surface area contributed by atoms with Crippen LogP contribution in [0, 0.1) is 0 Å². The Morgan fingerprint density at radius 2 is 2.00 bits per heavy atom. The average Bonchev–Trinajstić information content (AvgIpc) is 2.54. The number of ether oxygens (including phenoxy) is 3. The summed E-state index contributed by atoms with van der Waals surface area (Å²) in [6, 6.07) is 6.84. The Morgan fingerprint density at radius 1 is 1.19 bits per heavy atom. The molecule has 0 saturated carbocycles. The van der Waals surface area contributed by atoms with Crippen molar-refractivity contribution in [3.63, 3.8) is 0 Å². The largest absolute Gasteiger partial charge is 0.486 e. The molecule has 1 aliphatic rings. The quantitative estimate of drug-likeness (QED) is 0.796. The van der Waals surface area contributed by atoms with E-state index in [1.54, 1.807) is 24.3 Å². The number of ketones is 1. The Morgan fingerprint density at radius 3 is 2.81 bits per heavy atom. The molecule has 1 aliphatic heterocycles. The van der Waals surface area contributed by atoms with Gasteiger partial charge in [-0.15, -0.1) is 0 Å². The van der Waals surface area contributed by atoms with E-state index in [4.69, 9.17) is 14.2 Å². The van der Waals surface area contributed by atoms with Crippen molar-refractivity contribution < 1.29 is 19.0 Å². The third-order valence-electron chi connectivity index (χ3n) is 3.11. The first-order valence-corrected chi connectivity index (χ1v) is 6.54. The van der Waals surface area contributed by atoms with Gasteiger partial charge in [0.15, 0.2) is 17.3 Å². The lowest BCUT2D eigenvalue weighted by Gasteiger charge is -2.18. The smallest absolute Gasteiger partial charge is 0.216 e. The number of benzene rings is 1.